The summed E-state index contributed by atoms with van der Waals surface area (Å²) >= 11 is 5.77. The van der Waals surface area contributed by atoms with Gasteiger partial charge in [-0.15, -0.1) is 0 Å². The second kappa shape index (κ2) is 5.71. The Balaban J connectivity index is 2.13. The Morgan fingerprint density at radius 3 is 2.35 bits per heavy atom. The molecule has 0 aliphatic rings. The molecule has 0 amide bonds. The van der Waals surface area contributed by atoms with Crippen LogP contribution >= 0.6 is 11.6 Å². The Kier molecular flexibility index (Phi) is 4.00. The zero-order chi connectivity index (χ0) is 14.7. The van der Waals surface area contributed by atoms with Crippen LogP contribution in [-0.4, -0.2) is 27.7 Å². The number of hydrogen-bond acceptors (Lipinski definition) is 5. The van der Waals surface area contributed by atoms with Crippen LogP contribution in [0.1, 0.15) is 10.4 Å². The molecule has 2 aromatic carbocycles. The summed E-state index contributed by atoms with van der Waals surface area (Å²) in [5.74, 6) is -1.60. The molecule has 0 saturated carbocycles. The molecular weight excluding hydrogens is 284 g/mol. The molecule has 0 spiro atoms. The molecule has 0 heterocycles. The number of rotatable bonds is 4. The monoisotopic (exact) mass is 294 g/mol. The highest BCUT2D eigenvalue weighted by Gasteiger charge is 2.18. The molecule has 0 fully saturated rings. The molecule has 6 heteroatoms. The molecule has 0 radical (unpaired) electrons. The van der Waals surface area contributed by atoms with E-state index in [-0.39, 0.29) is 17.9 Å². The van der Waals surface area contributed by atoms with Crippen LogP contribution < -0.4 is 4.74 Å². The van der Waals surface area contributed by atoms with Crippen LogP contribution in [0.4, 0.5) is 0 Å². The summed E-state index contributed by atoms with van der Waals surface area (Å²) in [7, 11) is 0. The normalized spacial score (nSPS) is 10.2. The average Bonchev–Trinajstić information content (AvgIpc) is 2.35. The summed E-state index contributed by atoms with van der Waals surface area (Å²) in [6, 6.07) is 8.41. The molecule has 2 rings (SSSR count). The predicted octanol–water partition coefficient (Wildman–Crippen LogP) is 2.72. The average molecular weight is 295 g/mol. The lowest BCUT2D eigenvalue weighted by Gasteiger charge is -2.09. The van der Waals surface area contributed by atoms with Gasteiger partial charge in [0.15, 0.2) is 6.61 Å². The fraction of sp³-hybridized carbons (Fsp3) is 0.0714. The van der Waals surface area contributed by atoms with Crippen LogP contribution in [0.25, 0.3) is 0 Å². The first-order valence-electron chi connectivity index (χ1n) is 5.64. The van der Waals surface area contributed by atoms with Gasteiger partial charge in [0.2, 0.25) is 5.78 Å². The van der Waals surface area contributed by atoms with E-state index in [1.165, 1.54) is 6.07 Å². The lowest BCUT2D eigenvalue weighted by molar-refractivity contribution is 0.0916. The van der Waals surface area contributed by atoms with E-state index in [1.807, 2.05) is 0 Å². The molecule has 0 aliphatic heterocycles. The number of carbonyl (C=O) groups is 1. The predicted molar refractivity (Wildman–Crippen MR) is 72.7 cm³/mol. The van der Waals surface area contributed by atoms with E-state index < -0.39 is 17.3 Å². The molecule has 5 nitrogen and oxygen atoms in total. The molecule has 0 unspecified atom stereocenters. The smallest absolute Gasteiger partial charge is 0.207 e. The summed E-state index contributed by atoms with van der Waals surface area (Å²) in [5.41, 5.74) is -0.301. The third-order valence-corrected chi connectivity index (χ3v) is 2.76. The van der Waals surface area contributed by atoms with E-state index in [0.29, 0.717) is 10.8 Å². The molecule has 0 atom stereocenters. The van der Waals surface area contributed by atoms with E-state index in [0.717, 1.165) is 12.1 Å². The van der Waals surface area contributed by atoms with Gasteiger partial charge in [0.1, 0.15) is 28.6 Å². The Labute approximate surface area is 119 Å². The minimum Gasteiger partial charge on any atom is -0.508 e. The van der Waals surface area contributed by atoms with Gasteiger partial charge < -0.3 is 20.1 Å². The number of aromatic hydroxyl groups is 3. The van der Waals surface area contributed by atoms with E-state index in [2.05, 4.69) is 0 Å². The van der Waals surface area contributed by atoms with E-state index in [4.69, 9.17) is 21.4 Å². The Morgan fingerprint density at radius 1 is 1.10 bits per heavy atom. The van der Waals surface area contributed by atoms with Crippen LogP contribution in [-0.2, 0) is 0 Å². The lowest BCUT2D eigenvalue weighted by atomic mass is 10.1. The van der Waals surface area contributed by atoms with Crippen molar-refractivity contribution >= 4 is 17.4 Å². The number of benzene rings is 2. The first kappa shape index (κ1) is 14.0. The maximum absolute atomic E-state index is 11.9. The van der Waals surface area contributed by atoms with Gasteiger partial charge in [-0.25, -0.2) is 0 Å². The third kappa shape index (κ3) is 3.13. The van der Waals surface area contributed by atoms with Crippen molar-refractivity contribution in [2.24, 2.45) is 0 Å². The van der Waals surface area contributed by atoms with Crippen LogP contribution in [0, 0.1) is 0 Å². The van der Waals surface area contributed by atoms with Gasteiger partial charge in [0, 0.05) is 17.2 Å². The van der Waals surface area contributed by atoms with Crippen molar-refractivity contribution in [3.63, 3.8) is 0 Å². The molecular formula is C14H11ClO5. The van der Waals surface area contributed by atoms with Crippen molar-refractivity contribution in [1.29, 1.82) is 0 Å². The second-order valence-electron chi connectivity index (χ2n) is 4.03. The molecule has 3 N–H and O–H groups in total. The van der Waals surface area contributed by atoms with Gasteiger partial charge in [0.05, 0.1) is 0 Å². The number of Topliss-reactive ketones (excluding diaryl/α,β-unsaturated/α-hetero) is 1. The summed E-state index contributed by atoms with van der Waals surface area (Å²) in [5, 5.41) is 28.8. The molecule has 0 bridgehead atoms. The Hall–Kier alpha value is -2.40. The quantitative estimate of drug-likeness (QED) is 0.755. The van der Waals surface area contributed by atoms with Crippen LogP contribution in [0.3, 0.4) is 0 Å². The van der Waals surface area contributed by atoms with E-state index in [9.17, 15) is 15.0 Å². The maximum atomic E-state index is 11.9. The zero-order valence-electron chi connectivity index (χ0n) is 10.2. The fourth-order valence-electron chi connectivity index (χ4n) is 1.66. The van der Waals surface area contributed by atoms with Crippen molar-refractivity contribution in [2.75, 3.05) is 6.61 Å². The van der Waals surface area contributed by atoms with Crippen LogP contribution in [0.5, 0.6) is 23.0 Å². The summed E-state index contributed by atoms with van der Waals surface area (Å²) in [6.45, 7) is -0.383. The van der Waals surface area contributed by atoms with Crippen molar-refractivity contribution in [2.45, 2.75) is 0 Å². The molecule has 0 aliphatic carbocycles. The second-order valence-corrected chi connectivity index (χ2v) is 4.46. The number of halogens is 1. The van der Waals surface area contributed by atoms with Crippen molar-refractivity contribution < 1.29 is 24.9 Å². The number of phenols is 3. The SMILES string of the molecule is O=C(COc1cccc(Cl)c1)c1c(O)cc(O)cc1O. The van der Waals surface area contributed by atoms with Crippen molar-refractivity contribution in [1.82, 2.24) is 0 Å². The first-order valence-corrected chi connectivity index (χ1v) is 6.01. The molecule has 104 valence electrons. The highest BCUT2D eigenvalue weighted by atomic mass is 35.5. The standard InChI is InChI=1S/C14H11ClO5/c15-8-2-1-3-10(4-8)20-7-13(19)14-11(17)5-9(16)6-12(14)18/h1-6,16-18H,7H2. The van der Waals surface area contributed by atoms with Crippen LogP contribution in [0.15, 0.2) is 36.4 Å². The molecule has 2 aromatic rings. The Morgan fingerprint density at radius 2 is 1.75 bits per heavy atom. The molecule has 0 saturated heterocycles. The number of ether oxygens (including phenoxy) is 1. The fourth-order valence-corrected chi connectivity index (χ4v) is 1.84. The van der Waals surface area contributed by atoms with E-state index in [1.54, 1.807) is 18.2 Å². The van der Waals surface area contributed by atoms with E-state index >= 15 is 0 Å². The molecule has 20 heavy (non-hydrogen) atoms. The van der Waals surface area contributed by atoms with Gasteiger partial charge in [-0.2, -0.15) is 0 Å². The van der Waals surface area contributed by atoms with Crippen LogP contribution in [0.2, 0.25) is 5.02 Å². The van der Waals surface area contributed by atoms with Crippen molar-refractivity contribution in [3.8, 4) is 23.0 Å². The largest absolute Gasteiger partial charge is 0.508 e. The van der Waals surface area contributed by atoms with Gasteiger partial charge in [0.25, 0.3) is 0 Å². The topological polar surface area (TPSA) is 87.0 Å². The minimum absolute atomic E-state index is 0.301. The third-order valence-electron chi connectivity index (χ3n) is 2.53. The summed E-state index contributed by atoms with van der Waals surface area (Å²) < 4.78 is 5.22. The van der Waals surface area contributed by atoms with Gasteiger partial charge in [-0.1, -0.05) is 17.7 Å². The highest BCUT2D eigenvalue weighted by Crippen LogP contribution is 2.32. The Bertz CT molecular complexity index is 631. The van der Waals surface area contributed by atoms with Crippen molar-refractivity contribution in [3.05, 3.63) is 47.0 Å². The number of ketones is 1. The summed E-state index contributed by atoms with van der Waals surface area (Å²) in [4.78, 5) is 11.9. The minimum atomic E-state index is -0.625. The lowest BCUT2D eigenvalue weighted by Crippen LogP contribution is -2.12. The zero-order valence-corrected chi connectivity index (χ0v) is 11.0. The number of hydrogen-bond donors (Lipinski definition) is 3. The van der Waals surface area contributed by atoms with Gasteiger partial charge in [-0.05, 0) is 18.2 Å². The van der Waals surface area contributed by atoms with Gasteiger partial charge in [-0.3, -0.25) is 4.79 Å². The van der Waals surface area contributed by atoms with Gasteiger partial charge >= 0.3 is 0 Å². The first-order chi connectivity index (χ1) is 9.47. The highest BCUT2D eigenvalue weighted by molar-refractivity contribution is 6.30. The number of phenolic OH excluding ortho intramolecular Hbond substituents is 3. The summed E-state index contributed by atoms with van der Waals surface area (Å²) in [6.07, 6.45) is 0. The number of carbonyl (C=O) groups excluding carboxylic acids is 1. The molecule has 0 aromatic heterocycles. The maximum Gasteiger partial charge on any atom is 0.207 e.